The zero-order chi connectivity index (χ0) is 44.0. The molecule has 2 rings (SSSR count). The second-order valence-corrected chi connectivity index (χ2v) is 25.1. The molecule has 0 saturated carbocycles. The van der Waals surface area contributed by atoms with Crippen LogP contribution in [0.3, 0.4) is 0 Å². The van der Waals surface area contributed by atoms with Crippen molar-refractivity contribution >= 4 is 19.5 Å². The number of unbranched alkanes of at least 4 members (excludes halogenated alkanes) is 30. The van der Waals surface area contributed by atoms with Gasteiger partial charge in [0.2, 0.25) is 0 Å². The molecular formula is C50H86F6IO2Sb. The van der Waals surface area contributed by atoms with Crippen LogP contribution in [0.2, 0.25) is 0 Å². The van der Waals surface area contributed by atoms with Crippen LogP contribution < -0.4 is 30.7 Å². The van der Waals surface area contributed by atoms with Gasteiger partial charge >= 0.3 is 36.4 Å². The summed E-state index contributed by atoms with van der Waals surface area (Å²) in [4.78, 5) is 0. The molecule has 0 heterocycles. The second kappa shape index (κ2) is 35.5. The monoisotopic (exact) mass is 1080 g/mol. The zero-order valence-electron chi connectivity index (χ0n) is 38.0. The number of benzene rings is 2. The van der Waals surface area contributed by atoms with Gasteiger partial charge in [0.25, 0.3) is 21.2 Å². The maximum absolute atomic E-state index is 11.2. The van der Waals surface area contributed by atoms with Crippen molar-refractivity contribution in [3.8, 4) is 11.5 Å². The predicted octanol–water partition coefficient (Wildman–Crippen LogP) is 15.9. The number of hydrogen-bond donors (Lipinski definition) is 0. The summed E-state index contributed by atoms with van der Waals surface area (Å²) >= 11 is -11.1. The summed E-state index contributed by atoms with van der Waals surface area (Å²) in [6.45, 7) is 6.30. The molecule has 0 aliphatic heterocycles. The molecule has 0 aliphatic rings. The van der Waals surface area contributed by atoms with Crippen molar-refractivity contribution in [2.45, 2.75) is 228 Å². The van der Waals surface area contributed by atoms with Gasteiger partial charge < -0.3 is 9.47 Å². The summed E-state index contributed by atoms with van der Waals surface area (Å²) in [5, 5.41) is 0. The van der Waals surface area contributed by atoms with E-state index in [1.54, 1.807) is 0 Å². The SMILES string of the molecule is CCCCCCCCCCCCCCCCCCOc1ccc(C[I+]Cc2ccc(OCCCCCCCCCCCCCCCCCC)cc2)cc1.[F][Sb-]([F])([F])([F])([F])[F]. The van der Waals surface area contributed by atoms with Crippen molar-refractivity contribution in [3.63, 3.8) is 0 Å². The van der Waals surface area contributed by atoms with E-state index in [1.165, 1.54) is 225 Å². The molecule has 0 saturated heterocycles. The third kappa shape index (κ3) is 45.2. The number of halogens is 7. The fourth-order valence-corrected chi connectivity index (χ4v) is 9.83. The Morgan fingerprint density at radius 3 is 0.750 bits per heavy atom. The second-order valence-electron chi connectivity index (χ2n) is 17.0. The van der Waals surface area contributed by atoms with Crippen molar-refractivity contribution in [2.24, 2.45) is 0 Å². The molecule has 2 aromatic rings. The van der Waals surface area contributed by atoms with Gasteiger partial charge in [-0.3, -0.25) is 0 Å². The summed E-state index contributed by atoms with van der Waals surface area (Å²) < 4.78 is 74.1. The molecule has 2 nitrogen and oxygen atoms in total. The zero-order valence-corrected chi connectivity index (χ0v) is 42.7. The van der Waals surface area contributed by atoms with E-state index in [0.717, 1.165) is 24.7 Å². The van der Waals surface area contributed by atoms with Gasteiger partial charge in [0.15, 0.2) is 8.86 Å². The van der Waals surface area contributed by atoms with Gasteiger partial charge in [-0.05, 0) is 48.2 Å². The van der Waals surface area contributed by atoms with Gasteiger partial charge in [0.1, 0.15) is 11.5 Å². The fraction of sp³-hybridized carbons (Fsp3) is 0.760. The molecule has 0 bridgehead atoms. The quantitative estimate of drug-likeness (QED) is 0.0218. The molecule has 352 valence electrons. The van der Waals surface area contributed by atoms with Crippen LogP contribution in [0, 0.1) is 0 Å². The average Bonchev–Trinajstić information content (AvgIpc) is 3.20. The van der Waals surface area contributed by atoms with Crippen LogP contribution in [0.1, 0.15) is 230 Å². The molecule has 60 heavy (non-hydrogen) atoms. The maximum atomic E-state index is 9.93. The van der Waals surface area contributed by atoms with Crippen molar-refractivity contribution in [1.29, 1.82) is 0 Å². The average molecular weight is 1080 g/mol. The first kappa shape index (κ1) is 57.2. The third-order valence-corrected chi connectivity index (χ3v) is 13.7. The molecule has 0 aliphatic carbocycles. The van der Waals surface area contributed by atoms with Crippen molar-refractivity contribution in [3.05, 3.63) is 59.7 Å². The summed E-state index contributed by atoms with van der Waals surface area (Å²) in [5.74, 6) is 2.06. The Hall–Kier alpha value is -0.832. The molecule has 0 radical (unpaired) electrons. The van der Waals surface area contributed by atoms with E-state index in [9.17, 15) is 16.9 Å². The minimum atomic E-state index is -11.2. The Labute approximate surface area is 377 Å². The summed E-state index contributed by atoms with van der Waals surface area (Å²) in [7, 11) is 0. The molecule has 2 aromatic carbocycles. The minimum absolute atomic E-state index is 0.102. The summed E-state index contributed by atoms with van der Waals surface area (Å²) in [6.07, 6.45) is 45.0. The van der Waals surface area contributed by atoms with E-state index in [-0.39, 0.29) is 21.2 Å². The number of alkyl halides is 2. The van der Waals surface area contributed by atoms with Crippen LogP contribution in [0.25, 0.3) is 0 Å². The van der Waals surface area contributed by atoms with E-state index < -0.39 is 19.5 Å². The first-order chi connectivity index (χ1) is 28.8. The van der Waals surface area contributed by atoms with E-state index in [4.69, 9.17) is 9.47 Å². The van der Waals surface area contributed by atoms with E-state index in [2.05, 4.69) is 62.4 Å². The van der Waals surface area contributed by atoms with Crippen molar-refractivity contribution in [2.75, 3.05) is 13.2 Å². The Morgan fingerprint density at radius 1 is 0.333 bits per heavy atom. The fourth-order valence-electron chi connectivity index (χ4n) is 7.30. The van der Waals surface area contributed by atoms with Crippen molar-refractivity contribution < 1.29 is 47.6 Å². The Morgan fingerprint density at radius 2 is 0.533 bits per heavy atom. The molecule has 0 atom stereocenters. The van der Waals surface area contributed by atoms with Crippen LogP contribution in [-0.4, -0.2) is 32.7 Å². The van der Waals surface area contributed by atoms with Gasteiger partial charge in [-0.25, -0.2) is 0 Å². The van der Waals surface area contributed by atoms with Gasteiger partial charge in [0, 0.05) is 0 Å². The number of rotatable bonds is 40. The first-order valence-corrected chi connectivity index (χ1v) is 33.1. The summed E-state index contributed by atoms with van der Waals surface area (Å²) in [6, 6.07) is 17.8. The Kier molecular flexibility index (Phi) is 33.8. The van der Waals surface area contributed by atoms with Crippen LogP contribution in [0.4, 0.5) is 16.9 Å². The third-order valence-electron chi connectivity index (χ3n) is 10.9. The molecule has 0 spiro atoms. The molecule has 0 unspecified atom stereocenters. The van der Waals surface area contributed by atoms with Crippen molar-refractivity contribution in [1.82, 2.24) is 0 Å². The van der Waals surface area contributed by atoms with Gasteiger partial charge in [-0.2, -0.15) is 0 Å². The van der Waals surface area contributed by atoms with E-state index in [0.29, 0.717) is 0 Å². The van der Waals surface area contributed by atoms with Crippen LogP contribution in [-0.2, 0) is 8.86 Å². The molecular weight excluding hydrogens is 995 g/mol. The van der Waals surface area contributed by atoms with Gasteiger partial charge in [0.05, 0.1) is 13.2 Å². The van der Waals surface area contributed by atoms with E-state index >= 15 is 0 Å². The van der Waals surface area contributed by atoms with Crippen LogP contribution in [0.15, 0.2) is 48.5 Å². The predicted molar refractivity (Wildman–Crippen MR) is 243 cm³/mol. The molecule has 0 amide bonds. The standard InChI is InChI=1S/C50H86IO2.6FH.Sb/c1-3-5-7-9-11-13-15-17-19-21-23-25-27-29-31-33-43-52-49-39-35-47(36-40-49)45-51-46-48-37-41-50(42-38-48)53-44-34-32-30-28-26-24-22-20-18-16-14-12-10-8-6-4-2;;;;;;;/h35-42H,3-34,43-46H2,1-2H3;6*1H;/q+1;;;;;;;+5/p-6. The molecule has 0 aromatic heterocycles. The Balaban J connectivity index is 0.00000235. The first-order valence-electron chi connectivity index (χ1n) is 24.3. The molecule has 0 fully saturated rings. The van der Waals surface area contributed by atoms with E-state index in [1.807, 2.05) is 0 Å². The number of ether oxygens (including phenoxy) is 2. The molecule has 0 N–H and O–H groups in total. The van der Waals surface area contributed by atoms with Gasteiger partial charge in [-0.1, -0.05) is 231 Å². The Bertz CT molecular complexity index is 1140. The van der Waals surface area contributed by atoms with Gasteiger partial charge in [-0.15, -0.1) is 0 Å². The number of hydrogen-bond acceptors (Lipinski definition) is 2. The van der Waals surface area contributed by atoms with Crippen LogP contribution >= 0.6 is 0 Å². The summed E-state index contributed by atoms with van der Waals surface area (Å²) in [5.41, 5.74) is 2.90. The normalized spacial score (nSPS) is 12.7. The molecule has 10 heteroatoms. The van der Waals surface area contributed by atoms with Crippen LogP contribution in [0.5, 0.6) is 11.5 Å². The topological polar surface area (TPSA) is 18.5 Å².